The number of hydrogen-bond donors (Lipinski definition) is 1. The number of aromatic nitrogens is 3. The van der Waals surface area contributed by atoms with E-state index in [9.17, 15) is 13.2 Å². The van der Waals surface area contributed by atoms with Crippen molar-refractivity contribution in [2.24, 2.45) is 0 Å². The van der Waals surface area contributed by atoms with Gasteiger partial charge in [-0.3, -0.25) is 4.79 Å². The van der Waals surface area contributed by atoms with Gasteiger partial charge in [0.25, 0.3) is 5.91 Å². The van der Waals surface area contributed by atoms with Crippen LogP contribution in [0.5, 0.6) is 0 Å². The van der Waals surface area contributed by atoms with Gasteiger partial charge in [-0.05, 0) is 60.9 Å². The summed E-state index contributed by atoms with van der Waals surface area (Å²) in [5.74, 6) is -0.301. The molecule has 5 rings (SSSR count). The van der Waals surface area contributed by atoms with Crippen LogP contribution >= 0.6 is 0 Å². The van der Waals surface area contributed by atoms with Gasteiger partial charge in [0.1, 0.15) is 5.52 Å². The summed E-state index contributed by atoms with van der Waals surface area (Å²) in [6, 6.07) is 21.4. The van der Waals surface area contributed by atoms with E-state index < -0.39 is 10.0 Å². The number of fused-ring (bicyclic) bond motifs is 1. The maximum absolute atomic E-state index is 12.9. The Morgan fingerprint density at radius 1 is 0.912 bits per heavy atom. The van der Waals surface area contributed by atoms with Gasteiger partial charge in [0.05, 0.1) is 17.0 Å². The first-order valence-electron chi connectivity index (χ1n) is 11.3. The molecule has 1 fully saturated rings. The number of sulfonamides is 1. The van der Waals surface area contributed by atoms with Crippen molar-refractivity contribution in [1.29, 1.82) is 0 Å². The maximum atomic E-state index is 12.9. The van der Waals surface area contributed by atoms with E-state index in [0.717, 1.165) is 35.9 Å². The average Bonchev–Trinajstić information content (AvgIpc) is 3.28. The molecule has 34 heavy (non-hydrogen) atoms. The molecule has 0 radical (unpaired) electrons. The molecule has 1 N–H and O–H groups in total. The lowest BCUT2D eigenvalue weighted by molar-refractivity contribution is 0.102. The number of amides is 1. The van der Waals surface area contributed by atoms with Gasteiger partial charge in [-0.2, -0.15) is 4.31 Å². The molecule has 0 atom stereocenters. The van der Waals surface area contributed by atoms with Gasteiger partial charge in [0.15, 0.2) is 0 Å². The number of carbonyl (C=O) groups excluding carboxylic acids is 1. The molecule has 1 aliphatic rings. The summed E-state index contributed by atoms with van der Waals surface area (Å²) < 4.78 is 29.2. The summed E-state index contributed by atoms with van der Waals surface area (Å²) in [5, 5.41) is 11.2. The summed E-state index contributed by atoms with van der Waals surface area (Å²) in [6.07, 6.45) is 2.80. The number of benzene rings is 3. The van der Waals surface area contributed by atoms with Crippen LogP contribution in [0.3, 0.4) is 0 Å². The molecular weight excluding hydrogens is 450 g/mol. The molecule has 1 aromatic heterocycles. The smallest absolute Gasteiger partial charge is 0.255 e. The summed E-state index contributed by atoms with van der Waals surface area (Å²) in [7, 11) is -3.56. The van der Waals surface area contributed by atoms with Crippen LogP contribution in [0.1, 0.15) is 35.2 Å². The third-order valence-electron chi connectivity index (χ3n) is 6.01. The van der Waals surface area contributed by atoms with E-state index in [1.165, 1.54) is 10.4 Å². The number of nitrogens with one attached hydrogen (secondary N) is 1. The van der Waals surface area contributed by atoms with Crippen molar-refractivity contribution >= 4 is 32.7 Å². The first-order valence-corrected chi connectivity index (χ1v) is 12.7. The molecule has 174 valence electrons. The van der Waals surface area contributed by atoms with Crippen LogP contribution in [0.4, 0.5) is 5.69 Å². The molecule has 9 heteroatoms. The zero-order chi connectivity index (χ0) is 23.5. The Bertz CT molecular complexity index is 1420. The van der Waals surface area contributed by atoms with E-state index in [-0.39, 0.29) is 10.8 Å². The molecule has 0 spiro atoms. The van der Waals surface area contributed by atoms with Crippen LogP contribution in [-0.2, 0) is 16.6 Å². The first kappa shape index (κ1) is 22.2. The zero-order valence-electron chi connectivity index (χ0n) is 18.6. The number of anilines is 1. The molecule has 0 saturated carbocycles. The highest BCUT2D eigenvalue weighted by atomic mass is 32.2. The van der Waals surface area contributed by atoms with Crippen LogP contribution in [0.2, 0.25) is 0 Å². The zero-order valence-corrected chi connectivity index (χ0v) is 19.4. The number of para-hydroxylation sites is 1. The highest BCUT2D eigenvalue weighted by molar-refractivity contribution is 7.89. The van der Waals surface area contributed by atoms with Crippen molar-refractivity contribution in [2.45, 2.75) is 30.7 Å². The molecule has 2 heterocycles. The van der Waals surface area contributed by atoms with Crippen LogP contribution in [-0.4, -0.2) is 46.7 Å². The average molecular weight is 476 g/mol. The number of nitrogens with zero attached hydrogens (tertiary/aromatic N) is 4. The summed E-state index contributed by atoms with van der Waals surface area (Å²) in [4.78, 5) is 13.0. The van der Waals surface area contributed by atoms with Crippen molar-refractivity contribution in [1.82, 2.24) is 19.3 Å². The quantitative estimate of drug-likeness (QED) is 0.456. The molecule has 1 amide bonds. The molecule has 8 nitrogen and oxygen atoms in total. The molecule has 0 unspecified atom stereocenters. The second-order valence-corrected chi connectivity index (χ2v) is 10.3. The van der Waals surface area contributed by atoms with E-state index in [4.69, 9.17) is 0 Å². The summed E-state index contributed by atoms with van der Waals surface area (Å²) in [5.41, 5.74) is 3.70. The lowest BCUT2D eigenvalue weighted by Crippen LogP contribution is -2.35. The third-order valence-corrected chi connectivity index (χ3v) is 7.91. The number of piperidine rings is 1. The van der Waals surface area contributed by atoms with Crippen LogP contribution < -0.4 is 5.32 Å². The minimum absolute atomic E-state index is 0.197. The molecule has 0 aliphatic carbocycles. The number of hydrogen-bond acceptors (Lipinski definition) is 5. The van der Waals surface area contributed by atoms with Crippen LogP contribution in [0.25, 0.3) is 11.0 Å². The largest absolute Gasteiger partial charge is 0.322 e. The van der Waals surface area contributed by atoms with Crippen LogP contribution in [0, 0.1) is 0 Å². The van der Waals surface area contributed by atoms with E-state index in [2.05, 4.69) is 15.6 Å². The third kappa shape index (κ3) is 4.57. The second kappa shape index (κ2) is 9.36. The van der Waals surface area contributed by atoms with E-state index in [1.54, 1.807) is 30.3 Å². The molecule has 1 aliphatic heterocycles. The highest BCUT2D eigenvalue weighted by Gasteiger charge is 2.26. The van der Waals surface area contributed by atoms with Crippen molar-refractivity contribution in [3.8, 4) is 0 Å². The summed E-state index contributed by atoms with van der Waals surface area (Å²) >= 11 is 0. The van der Waals surface area contributed by atoms with Crippen molar-refractivity contribution in [3.63, 3.8) is 0 Å². The SMILES string of the molecule is O=C(Nc1cccc(S(=O)(=O)N2CCCCC2)c1)c1ccc(Cn2nnc3ccccc32)cc1. The normalized spacial score (nSPS) is 14.8. The van der Waals surface area contributed by atoms with Crippen molar-refractivity contribution < 1.29 is 13.2 Å². The fourth-order valence-corrected chi connectivity index (χ4v) is 5.72. The predicted molar refractivity (Wildman–Crippen MR) is 130 cm³/mol. The Hall–Kier alpha value is -3.56. The van der Waals surface area contributed by atoms with Crippen molar-refractivity contribution in [2.75, 3.05) is 18.4 Å². The van der Waals surface area contributed by atoms with Gasteiger partial charge >= 0.3 is 0 Å². The maximum Gasteiger partial charge on any atom is 0.255 e. The highest BCUT2D eigenvalue weighted by Crippen LogP contribution is 2.23. The van der Waals surface area contributed by atoms with Gasteiger partial charge in [0.2, 0.25) is 10.0 Å². The minimum Gasteiger partial charge on any atom is -0.322 e. The summed E-state index contributed by atoms with van der Waals surface area (Å²) in [6.45, 7) is 1.62. The molecule has 0 bridgehead atoms. The number of rotatable bonds is 6. The van der Waals surface area contributed by atoms with Crippen LogP contribution in [0.15, 0.2) is 77.7 Å². The Morgan fingerprint density at radius 3 is 2.47 bits per heavy atom. The van der Waals surface area contributed by atoms with Crippen molar-refractivity contribution in [3.05, 3.63) is 83.9 Å². The Kier molecular flexibility index (Phi) is 6.12. The predicted octanol–water partition coefficient (Wildman–Crippen LogP) is 3.91. The molecular formula is C25H25N5O3S. The van der Waals surface area contributed by atoms with E-state index in [1.807, 2.05) is 41.1 Å². The lowest BCUT2D eigenvalue weighted by atomic mass is 10.1. The van der Waals surface area contributed by atoms with Gasteiger partial charge in [-0.1, -0.05) is 42.0 Å². The van der Waals surface area contributed by atoms with E-state index >= 15 is 0 Å². The number of carbonyl (C=O) groups is 1. The first-order chi connectivity index (χ1) is 16.5. The molecule has 1 saturated heterocycles. The van der Waals surface area contributed by atoms with Gasteiger partial charge in [0, 0.05) is 24.3 Å². The topological polar surface area (TPSA) is 97.2 Å². The fourth-order valence-electron chi connectivity index (χ4n) is 4.16. The molecule has 4 aromatic rings. The Labute approximate surface area is 198 Å². The van der Waals surface area contributed by atoms with E-state index in [0.29, 0.717) is 30.9 Å². The fraction of sp³-hybridized carbons (Fsp3) is 0.240. The standard InChI is InChI=1S/C25H25N5O3S/c31-25(26-21-7-6-8-22(17-21)34(32,33)29-15-4-1-5-16-29)20-13-11-19(12-14-20)18-30-24-10-3-2-9-23(24)27-28-30/h2-3,6-14,17H,1,4-5,15-16,18H2,(H,26,31). The Balaban J connectivity index is 1.28. The molecule has 3 aromatic carbocycles. The minimum atomic E-state index is -3.56. The lowest BCUT2D eigenvalue weighted by Gasteiger charge is -2.26. The Morgan fingerprint density at radius 2 is 1.68 bits per heavy atom. The second-order valence-electron chi connectivity index (χ2n) is 8.38. The van der Waals surface area contributed by atoms with Gasteiger partial charge < -0.3 is 5.32 Å². The van der Waals surface area contributed by atoms with Gasteiger partial charge in [-0.25, -0.2) is 13.1 Å². The monoisotopic (exact) mass is 475 g/mol. The van der Waals surface area contributed by atoms with Gasteiger partial charge in [-0.15, -0.1) is 5.10 Å².